The average molecular weight is 596 g/mol. The molecule has 3 N–H and O–H groups in total. The van der Waals surface area contributed by atoms with Crippen LogP contribution in [-0.4, -0.2) is 34.9 Å². The molecule has 244 valence electrons. The maximum atomic E-state index is 12.2. The molecule has 43 heavy (non-hydrogen) atoms. The van der Waals surface area contributed by atoms with Crippen LogP contribution in [0.2, 0.25) is 0 Å². The Kier molecular flexibility index (Phi) is 32.1. The Hall–Kier alpha value is -2.43. The van der Waals surface area contributed by atoms with E-state index in [9.17, 15) is 15.0 Å². The van der Waals surface area contributed by atoms with Crippen molar-refractivity contribution in [1.29, 1.82) is 0 Å². The van der Waals surface area contributed by atoms with Gasteiger partial charge in [-0.2, -0.15) is 0 Å². The van der Waals surface area contributed by atoms with Crippen LogP contribution < -0.4 is 5.32 Å². The summed E-state index contributed by atoms with van der Waals surface area (Å²) in [6.07, 6.45) is 49.6. The van der Waals surface area contributed by atoms with Crippen LogP contribution in [-0.2, 0) is 4.79 Å². The van der Waals surface area contributed by atoms with Crippen molar-refractivity contribution in [2.75, 3.05) is 6.61 Å². The van der Waals surface area contributed by atoms with Crippen LogP contribution in [0.5, 0.6) is 0 Å². The number of carbonyl (C=O) groups is 1. The van der Waals surface area contributed by atoms with E-state index in [-0.39, 0.29) is 12.5 Å². The van der Waals surface area contributed by atoms with Gasteiger partial charge in [0.25, 0.3) is 0 Å². The smallest absolute Gasteiger partial charge is 0.220 e. The highest BCUT2D eigenvalue weighted by atomic mass is 16.3. The lowest BCUT2D eigenvalue weighted by molar-refractivity contribution is -0.122. The van der Waals surface area contributed by atoms with Crippen molar-refractivity contribution in [3.05, 3.63) is 85.1 Å². The highest BCUT2D eigenvalue weighted by Crippen LogP contribution is 2.10. The molecule has 4 nitrogen and oxygen atoms in total. The second-order valence-corrected chi connectivity index (χ2v) is 11.2. The van der Waals surface area contributed by atoms with Crippen LogP contribution in [0, 0.1) is 0 Å². The first-order valence-corrected chi connectivity index (χ1v) is 17.3. The third-order valence-electron chi connectivity index (χ3n) is 7.10. The zero-order valence-corrected chi connectivity index (χ0v) is 27.7. The van der Waals surface area contributed by atoms with Crippen molar-refractivity contribution in [2.45, 2.75) is 148 Å². The van der Waals surface area contributed by atoms with E-state index in [0.717, 1.165) is 51.4 Å². The standard InChI is InChI=1S/C39H65NO3/c1-3-5-7-9-11-13-15-17-18-19-20-21-23-24-26-28-30-32-34-38(42)37(36-41)40-39(43)35-33-31-29-27-25-22-16-14-12-10-8-6-4-2/h6,8,12,14,19-20,22,24-26,29,31-32,34,37-38,41-42H,3-5,7,9-11,13,15-18,21,23,27-28,30,33,35-36H2,1-2H3,(H,40,43)/b8-6-,14-12-,20-19+,25-22-,26-24+,31-29-,34-32+. The normalized spacial score (nSPS) is 14.2. The largest absolute Gasteiger partial charge is 0.394 e. The molecule has 2 atom stereocenters. The summed E-state index contributed by atoms with van der Waals surface area (Å²) >= 11 is 0. The van der Waals surface area contributed by atoms with E-state index in [1.807, 2.05) is 12.2 Å². The van der Waals surface area contributed by atoms with Crippen LogP contribution in [0.15, 0.2) is 85.1 Å². The lowest BCUT2D eigenvalue weighted by Gasteiger charge is -2.19. The van der Waals surface area contributed by atoms with Crippen molar-refractivity contribution in [3.63, 3.8) is 0 Å². The quantitative estimate of drug-likeness (QED) is 0.0595. The molecule has 0 saturated carbocycles. The van der Waals surface area contributed by atoms with Gasteiger partial charge in [0.1, 0.15) is 0 Å². The van der Waals surface area contributed by atoms with E-state index in [1.54, 1.807) is 6.08 Å². The summed E-state index contributed by atoms with van der Waals surface area (Å²) in [6, 6.07) is -0.686. The molecule has 0 saturated heterocycles. The average Bonchev–Trinajstić information content (AvgIpc) is 3.01. The number of amides is 1. The Balaban J connectivity index is 3.87. The monoisotopic (exact) mass is 595 g/mol. The van der Waals surface area contributed by atoms with E-state index in [0.29, 0.717) is 12.8 Å². The molecular weight excluding hydrogens is 530 g/mol. The number of nitrogens with one attached hydrogen (secondary N) is 1. The predicted molar refractivity (Wildman–Crippen MR) is 188 cm³/mol. The van der Waals surface area contributed by atoms with Gasteiger partial charge in [0.15, 0.2) is 0 Å². The first-order valence-electron chi connectivity index (χ1n) is 17.3. The van der Waals surface area contributed by atoms with Gasteiger partial charge in [-0.25, -0.2) is 0 Å². The van der Waals surface area contributed by atoms with Crippen LogP contribution in [0.1, 0.15) is 136 Å². The number of unbranched alkanes of at least 4 members (excludes halogenated alkanes) is 10. The highest BCUT2D eigenvalue weighted by Gasteiger charge is 2.17. The van der Waals surface area contributed by atoms with E-state index in [2.05, 4.69) is 86.0 Å². The third-order valence-corrected chi connectivity index (χ3v) is 7.10. The molecule has 0 aromatic heterocycles. The minimum Gasteiger partial charge on any atom is -0.394 e. The molecular formula is C39H65NO3. The Bertz CT molecular complexity index is 818. The number of aliphatic hydroxyl groups excluding tert-OH is 2. The molecule has 0 spiro atoms. The summed E-state index contributed by atoms with van der Waals surface area (Å²) in [6.45, 7) is 4.11. The molecule has 0 aromatic carbocycles. The molecule has 0 bridgehead atoms. The molecule has 2 unspecified atom stereocenters. The molecule has 0 rings (SSSR count). The number of hydrogen-bond donors (Lipinski definition) is 3. The molecule has 0 fully saturated rings. The summed E-state index contributed by atoms with van der Waals surface area (Å²) in [7, 11) is 0. The summed E-state index contributed by atoms with van der Waals surface area (Å²) in [5.74, 6) is -0.163. The van der Waals surface area contributed by atoms with Crippen molar-refractivity contribution in [1.82, 2.24) is 5.32 Å². The fraction of sp³-hybridized carbons (Fsp3) is 0.615. The van der Waals surface area contributed by atoms with E-state index < -0.39 is 12.1 Å². The molecule has 0 aliphatic rings. The van der Waals surface area contributed by atoms with Crippen molar-refractivity contribution in [3.8, 4) is 0 Å². The SMILES string of the molecule is CC/C=C\C/C=C\C/C=C\C/C=C\CCC(=O)NC(CO)C(O)/C=C/CC/C=C/CC/C=C/CCCCCCCCCC. The zero-order chi connectivity index (χ0) is 31.5. The van der Waals surface area contributed by atoms with E-state index >= 15 is 0 Å². The summed E-state index contributed by atoms with van der Waals surface area (Å²) in [5, 5.41) is 22.7. The summed E-state index contributed by atoms with van der Waals surface area (Å²) < 4.78 is 0. The number of carbonyl (C=O) groups excluding carboxylic acids is 1. The van der Waals surface area contributed by atoms with E-state index in [1.165, 1.54) is 57.8 Å². The van der Waals surface area contributed by atoms with Crippen LogP contribution >= 0.6 is 0 Å². The second kappa shape index (κ2) is 34.1. The molecule has 4 heteroatoms. The number of aliphatic hydroxyl groups is 2. The van der Waals surface area contributed by atoms with Crippen LogP contribution in [0.25, 0.3) is 0 Å². The Labute approximate surface area is 265 Å². The molecule has 0 aliphatic carbocycles. The molecule has 1 amide bonds. The van der Waals surface area contributed by atoms with Gasteiger partial charge in [-0.05, 0) is 70.6 Å². The third kappa shape index (κ3) is 30.8. The van der Waals surface area contributed by atoms with Crippen molar-refractivity contribution in [2.24, 2.45) is 0 Å². The van der Waals surface area contributed by atoms with Gasteiger partial charge in [-0.1, -0.05) is 144 Å². The van der Waals surface area contributed by atoms with Gasteiger partial charge in [0.05, 0.1) is 18.8 Å². The molecule has 0 radical (unpaired) electrons. The first-order chi connectivity index (χ1) is 21.2. The van der Waals surface area contributed by atoms with Gasteiger partial charge in [-0.15, -0.1) is 0 Å². The zero-order valence-electron chi connectivity index (χ0n) is 27.7. The van der Waals surface area contributed by atoms with Gasteiger partial charge in [-0.3, -0.25) is 4.79 Å². The van der Waals surface area contributed by atoms with Crippen molar-refractivity contribution < 1.29 is 15.0 Å². The van der Waals surface area contributed by atoms with E-state index in [4.69, 9.17) is 0 Å². The number of rotatable bonds is 29. The van der Waals surface area contributed by atoms with Gasteiger partial charge in [0, 0.05) is 6.42 Å². The Morgan fingerprint density at radius 3 is 1.60 bits per heavy atom. The van der Waals surface area contributed by atoms with Gasteiger partial charge in [0.2, 0.25) is 5.91 Å². The maximum absolute atomic E-state index is 12.2. The Morgan fingerprint density at radius 1 is 0.581 bits per heavy atom. The van der Waals surface area contributed by atoms with Gasteiger partial charge < -0.3 is 15.5 Å². The Morgan fingerprint density at radius 2 is 1.05 bits per heavy atom. The minimum absolute atomic E-state index is 0.163. The van der Waals surface area contributed by atoms with Crippen molar-refractivity contribution >= 4 is 5.91 Å². The first kappa shape index (κ1) is 40.6. The second-order valence-electron chi connectivity index (χ2n) is 11.2. The summed E-state index contributed by atoms with van der Waals surface area (Å²) in [4.78, 5) is 12.2. The van der Waals surface area contributed by atoms with Crippen LogP contribution in [0.3, 0.4) is 0 Å². The maximum Gasteiger partial charge on any atom is 0.220 e. The molecule has 0 aliphatic heterocycles. The van der Waals surface area contributed by atoms with Crippen LogP contribution in [0.4, 0.5) is 0 Å². The lowest BCUT2D eigenvalue weighted by atomic mass is 10.1. The fourth-order valence-corrected chi connectivity index (χ4v) is 4.45. The lowest BCUT2D eigenvalue weighted by Crippen LogP contribution is -2.45. The minimum atomic E-state index is -0.901. The molecule has 0 aromatic rings. The fourth-order valence-electron chi connectivity index (χ4n) is 4.45. The molecule has 0 heterocycles. The summed E-state index contributed by atoms with van der Waals surface area (Å²) in [5.41, 5.74) is 0. The topological polar surface area (TPSA) is 69.6 Å². The predicted octanol–water partition coefficient (Wildman–Crippen LogP) is 10.2. The van der Waals surface area contributed by atoms with Gasteiger partial charge >= 0.3 is 0 Å². The highest BCUT2D eigenvalue weighted by molar-refractivity contribution is 5.76. The number of allylic oxidation sites excluding steroid dienone is 13. The number of hydrogen-bond acceptors (Lipinski definition) is 3.